The zero-order valence-electron chi connectivity index (χ0n) is 6.76. The summed E-state index contributed by atoms with van der Waals surface area (Å²) in [6, 6.07) is 4.65. The molecule has 11 heavy (non-hydrogen) atoms. The van der Waals surface area contributed by atoms with Gasteiger partial charge in [-0.05, 0) is 17.4 Å². The van der Waals surface area contributed by atoms with Crippen molar-refractivity contribution in [2.24, 2.45) is 0 Å². The van der Waals surface area contributed by atoms with Gasteiger partial charge in [-0.2, -0.15) is 0 Å². The molecular formula is C8H13FNP. The predicted octanol–water partition coefficient (Wildman–Crippen LogP) is 1.93. The van der Waals surface area contributed by atoms with E-state index in [1.165, 1.54) is 12.1 Å². The lowest BCUT2D eigenvalue weighted by Crippen LogP contribution is -1.96. The van der Waals surface area contributed by atoms with Crippen molar-refractivity contribution in [1.82, 2.24) is 0 Å². The quantitative estimate of drug-likeness (QED) is 0.471. The van der Waals surface area contributed by atoms with Gasteiger partial charge in [-0.25, -0.2) is 4.39 Å². The van der Waals surface area contributed by atoms with E-state index in [0.717, 1.165) is 5.30 Å². The van der Waals surface area contributed by atoms with Gasteiger partial charge < -0.3 is 5.73 Å². The summed E-state index contributed by atoms with van der Waals surface area (Å²) in [5, 5.41) is 0.807. The molecule has 0 aromatic heterocycles. The Labute approximate surface area is 69.0 Å². The molecule has 0 bridgehead atoms. The zero-order chi connectivity index (χ0) is 8.85. The minimum absolute atomic E-state index is 0.196. The molecule has 1 nitrogen and oxygen atoms in total. The van der Waals surface area contributed by atoms with Gasteiger partial charge in [0.25, 0.3) is 0 Å². The fourth-order valence-electron chi connectivity index (χ4n) is 0.543. The highest BCUT2D eigenvalue weighted by atomic mass is 31.0. The van der Waals surface area contributed by atoms with Crippen molar-refractivity contribution in [3.05, 3.63) is 24.0 Å². The first kappa shape index (κ1) is 10.4. The van der Waals surface area contributed by atoms with Gasteiger partial charge in [0, 0.05) is 0 Å². The minimum Gasteiger partial charge on any atom is -0.396 e. The largest absolute Gasteiger partial charge is 0.396 e. The third-order valence-corrected chi connectivity index (χ3v) is 1.38. The monoisotopic (exact) mass is 173 g/mol. The van der Waals surface area contributed by atoms with Crippen molar-refractivity contribution < 1.29 is 4.39 Å². The fraction of sp³-hybridized carbons (Fsp3) is 0.250. The van der Waals surface area contributed by atoms with E-state index in [2.05, 4.69) is 9.24 Å². The lowest BCUT2D eigenvalue weighted by molar-refractivity contribution is 0.633. The SMILES string of the molecule is CC.Nc1ccc(P)cc1F. The van der Waals surface area contributed by atoms with Crippen LogP contribution in [-0.4, -0.2) is 0 Å². The Morgan fingerprint density at radius 3 is 2.27 bits per heavy atom. The fourth-order valence-corrected chi connectivity index (χ4v) is 0.786. The van der Waals surface area contributed by atoms with Crippen molar-refractivity contribution in [2.75, 3.05) is 5.73 Å². The average molecular weight is 173 g/mol. The maximum absolute atomic E-state index is 12.4. The first-order chi connectivity index (χ1) is 5.20. The molecule has 0 amide bonds. The summed E-state index contributed by atoms with van der Waals surface area (Å²) in [5.41, 5.74) is 5.40. The highest BCUT2D eigenvalue weighted by Gasteiger charge is 1.94. The van der Waals surface area contributed by atoms with Gasteiger partial charge in [0.05, 0.1) is 5.69 Å². The number of benzene rings is 1. The molecule has 1 rings (SSSR count). The van der Waals surface area contributed by atoms with Crippen LogP contribution in [0.3, 0.4) is 0 Å². The molecule has 0 spiro atoms. The molecule has 1 aromatic carbocycles. The Bertz CT molecular complexity index is 225. The van der Waals surface area contributed by atoms with E-state index < -0.39 is 0 Å². The smallest absolute Gasteiger partial charge is 0.146 e. The van der Waals surface area contributed by atoms with Gasteiger partial charge in [-0.15, -0.1) is 9.24 Å². The van der Waals surface area contributed by atoms with Crippen LogP contribution in [0.5, 0.6) is 0 Å². The van der Waals surface area contributed by atoms with Crippen molar-refractivity contribution >= 4 is 20.2 Å². The predicted molar refractivity (Wildman–Crippen MR) is 51.5 cm³/mol. The normalized spacial score (nSPS) is 8.36. The van der Waals surface area contributed by atoms with E-state index in [1.54, 1.807) is 6.07 Å². The lowest BCUT2D eigenvalue weighted by Gasteiger charge is -1.94. The summed E-state index contributed by atoms with van der Waals surface area (Å²) in [5.74, 6) is -0.359. The number of halogens is 1. The lowest BCUT2D eigenvalue weighted by atomic mass is 10.3. The van der Waals surface area contributed by atoms with E-state index in [1.807, 2.05) is 13.8 Å². The first-order valence-corrected chi connectivity index (χ1v) is 4.08. The second kappa shape index (κ2) is 5.09. The van der Waals surface area contributed by atoms with Gasteiger partial charge in [0.15, 0.2) is 0 Å². The summed E-state index contributed by atoms with van der Waals surface area (Å²) in [4.78, 5) is 0. The molecule has 2 N–H and O–H groups in total. The second-order valence-electron chi connectivity index (χ2n) is 1.78. The summed E-state index contributed by atoms with van der Waals surface area (Å²) in [7, 11) is 2.39. The summed E-state index contributed by atoms with van der Waals surface area (Å²) in [6.45, 7) is 4.00. The van der Waals surface area contributed by atoms with E-state index in [4.69, 9.17) is 5.73 Å². The number of anilines is 1. The molecule has 1 unspecified atom stereocenters. The van der Waals surface area contributed by atoms with Crippen LogP contribution in [0, 0.1) is 5.82 Å². The Morgan fingerprint density at radius 1 is 1.36 bits per heavy atom. The second-order valence-corrected chi connectivity index (χ2v) is 2.45. The number of hydrogen-bond donors (Lipinski definition) is 1. The Hall–Kier alpha value is -0.620. The molecule has 0 radical (unpaired) electrons. The molecule has 3 heteroatoms. The molecule has 0 aliphatic heterocycles. The Morgan fingerprint density at radius 2 is 1.91 bits per heavy atom. The van der Waals surface area contributed by atoms with Gasteiger partial charge in [-0.3, -0.25) is 0 Å². The highest BCUT2D eigenvalue weighted by molar-refractivity contribution is 7.27. The topological polar surface area (TPSA) is 26.0 Å². The molecule has 0 saturated heterocycles. The number of nitrogen functional groups attached to an aromatic ring is 1. The minimum atomic E-state index is -0.359. The molecule has 0 aliphatic carbocycles. The van der Waals surface area contributed by atoms with Gasteiger partial charge in [-0.1, -0.05) is 19.9 Å². The van der Waals surface area contributed by atoms with Crippen molar-refractivity contribution in [3.8, 4) is 0 Å². The third-order valence-electron chi connectivity index (χ3n) is 1.02. The average Bonchev–Trinajstić information content (AvgIpc) is 2.02. The third kappa shape index (κ3) is 3.33. The number of nitrogens with two attached hydrogens (primary N) is 1. The molecular weight excluding hydrogens is 160 g/mol. The van der Waals surface area contributed by atoms with Crippen molar-refractivity contribution in [1.29, 1.82) is 0 Å². The van der Waals surface area contributed by atoms with Crippen LogP contribution >= 0.6 is 9.24 Å². The molecule has 0 fully saturated rings. The molecule has 0 saturated carbocycles. The molecule has 0 aliphatic rings. The highest BCUT2D eigenvalue weighted by Crippen LogP contribution is 2.06. The molecule has 1 aromatic rings. The first-order valence-electron chi connectivity index (χ1n) is 3.50. The van der Waals surface area contributed by atoms with Crippen LogP contribution in [0.4, 0.5) is 10.1 Å². The number of hydrogen-bond acceptors (Lipinski definition) is 1. The van der Waals surface area contributed by atoms with Crippen LogP contribution in [0.1, 0.15) is 13.8 Å². The van der Waals surface area contributed by atoms with Gasteiger partial charge >= 0.3 is 0 Å². The van der Waals surface area contributed by atoms with E-state index in [0.29, 0.717) is 0 Å². The maximum Gasteiger partial charge on any atom is 0.146 e. The van der Waals surface area contributed by atoms with Crippen LogP contribution < -0.4 is 11.0 Å². The standard InChI is InChI=1S/C6H7FNP.C2H6/c7-5-3-4(9)1-2-6(5)8;1-2/h1-3H,8-9H2;1-2H3. The Balaban J connectivity index is 0.000000461. The zero-order valence-corrected chi connectivity index (χ0v) is 7.92. The Kier molecular flexibility index (Phi) is 4.80. The summed E-state index contributed by atoms with van der Waals surface area (Å²) < 4.78 is 12.4. The summed E-state index contributed by atoms with van der Waals surface area (Å²) in [6.07, 6.45) is 0. The molecule has 1 atom stereocenters. The van der Waals surface area contributed by atoms with Gasteiger partial charge in [0.1, 0.15) is 5.82 Å². The van der Waals surface area contributed by atoms with E-state index in [9.17, 15) is 4.39 Å². The van der Waals surface area contributed by atoms with E-state index in [-0.39, 0.29) is 11.5 Å². The number of rotatable bonds is 0. The van der Waals surface area contributed by atoms with Crippen LogP contribution in [0.25, 0.3) is 0 Å². The molecule has 62 valence electrons. The van der Waals surface area contributed by atoms with Gasteiger partial charge in [0.2, 0.25) is 0 Å². The van der Waals surface area contributed by atoms with E-state index >= 15 is 0 Å². The molecule has 0 heterocycles. The van der Waals surface area contributed by atoms with Crippen molar-refractivity contribution in [2.45, 2.75) is 13.8 Å². The summed E-state index contributed by atoms with van der Waals surface area (Å²) >= 11 is 0. The van der Waals surface area contributed by atoms with Crippen molar-refractivity contribution in [3.63, 3.8) is 0 Å². The maximum atomic E-state index is 12.4. The van der Waals surface area contributed by atoms with Crippen LogP contribution in [-0.2, 0) is 0 Å². The van der Waals surface area contributed by atoms with Crippen LogP contribution in [0.15, 0.2) is 18.2 Å². The van der Waals surface area contributed by atoms with Crippen LogP contribution in [0.2, 0.25) is 0 Å².